The SMILES string of the molecule is CC1(C)OB(c2cccc3[nH]c(C(N)=O)cc23)OC1(C)C. The summed E-state index contributed by atoms with van der Waals surface area (Å²) in [6.45, 7) is 8.05. The van der Waals surface area contributed by atoms with Gasteiger partial charge in [-0.25, -0.2) is 0 Å². The average molecular weight is 286 g/mol. The lowest BCUT2D eigenvalue weighted by Gasteiger charge is -2.32. The highest BCUT2D eigenvalue weighted by Gasteiger charge is 2.52. The minimum Gasteiger partial charge on any atom is -0.399 e. The highest BCUT2D eigenvalue weighted by Crippen LogP contribution is 2.37. The highest BCUT2D eigenvalue weighted by atomic mass is 16.7. The third kappa shape index (κ3) is 2.15. The summed E-state index contributed by atoms with van der Waals surface area (Å²) < 4.78 is 12.2. The van der Waals surface area contributed by atoms with Crippen LogP contribution in [0.15, 0.2) is 24.3 Å². The summed E-state index contributed by atoms with van der Waals surface area (Å²) in [7, 11) is -0.463. The van der Waals surface area contributed by atoms with E-state index in [0.717, 1.165) is 16.4 Å². The Morgan fingerprint density at radius 2 is 1.81 bits per heavy atom. The van der Waals surface area contributed by atoms with Crippen molar-refractivity contribution in [1.29, 1.82) is 0 Å². The maximum absolute atomic E-state index is 11.3. The first-order valence-corrected chi connectivity index (χ1v) is 6.98. The molecule has 0 radical (unpaired) electrons. The summed E-state index contributed by atoms with van der Waals surface area (Å²) in [6, 6.07) is 7.50. The molecule has 1 fully saturated rings. The van der Waals surface area contributed by atoms with Crippen LogP contribution >= 0.6 is 0 Å². The standard InChI is InChI=1S/C15H19BN2O3/c1-14(2)15(3,4)21-16(20-14)10-6-5-7-11-9(10)8-12(18-11)13(17)19/h5-8,18H,1-4H3,(H2,17,19). The smallest absolute Gasteiger partial charge is 0.399 e. The number of hydrogen-bond donors (Lipinski definition) is 2. The second-order valence-electron chi connectivity index (χ2n) is 6.44. The van der Waals surface area contributed by atoms with Gasteiger partial charge in [0.2, 0.25) is 0 Å². The van der Waals surface area contributed by atoms with Gasteiger partial charge in [0.05, 0.1) is 11.2 Å². The fraction of sp³-hybridized carbons (Fsp3) is 0.400. The summed E-state index contributed by atoms with van der Waals surface area (Å²) in [6.07, 6.45) is 0. The van der Waals surface area contributed by atoms with Crippen molar-refractivity contribution in [3.05, 3.63) is 30.0 Å². The van der Waals surface area contributed by atoms with Crippen LogP contribution in [0.3, 0.4) is 0 Å². The van der Waals surface area contributed by atoms with E-state index in [1.165, 1.54) is 0 Å². The molecular formula is C15H19BN2O3. The molecular weight excluding hydrogens is 267 g/mol. The zero-order valence-electron chi connectivity index (χ0n) is 12.7. The molecule has 2 aromatic rings. The van der Waals surface area contributed by atoms with Crippen molar-refractivity contribution in [2.75, 3.05) is 0 Å². The van der Waals surface area contributed by atoms with Crippen molar-refractivity contribution in [3.8, 4) is 0 Å². The summed E-state index contributed by atoms with van der Waals surface area (Å²) in [5, 5.41) is 0.893. The van der Waals surface area contributed by atoms with Crippen molar-refractivity contribution in [3.63, 3.8) is 0 Å². The molecule has 0 atom stereocenters. The number of benzene rings is 1. The second kappa shape index (κ2) is 4.35. The maximum atomic E-state index is 11.3. The van der Waals surface area contributed by atoms with Crippen LogP contribution in [0.5, 0.6) is 0 Å². The molecule has 3 rings (SSSR count). The molecule has 1 aromatic heterocycles. The van der Waals surface area contributed by atoms with Crippen molar-refractivity contribution in [1.82, 2.24) is 4.98 Å². The van der Waals surface area contributed by atoms with Crippen LogP contribution in [0, 0.1) is 0 Å². The van der Waals surface area contributed by atoms with Gasteiger partial charge in [0.25, 0.3) is 5.91 Å². The molecule has 0 aliphatic carbocycles. The predicted octanol–water partition coefficient (Wildman–Crippen LogP) is 1.57. The third-order valence-electron chi connectivity index (χ3n) is 4.47. The van der Waals surface area contributed by atoms with Gasteiger partial charge in [-0.2, -0.15) is 0 Å². The summed E-state index contributed by atoms with van der Waals surface area (Å²) in [5.41, 5.74) is 6.66. The van der Waals surface area contributed by atoms with Crippen LogP contribution in [-0.4, -0.2) is 29.2 Å². The van der Waals surface area contributed by atoms with Crippen molar-refractivity contribution in [2.24, 2.45) is 5.73 Å². The van der Waals surface area contributed by atoms with Crippen LogP contribution in [0.4, 0.5) is 0 Å². The number of aromatic nitrogens is 1. The molecule has 6 heteroatoms. The quantitative estimate of drug-likeness (QED) is 0.822. The van der Waals surface area contributed by atoms with E-state index < -0.39 is 24.2 Å². The van der Waals surface area contributed by atoms with E-state index in [9.17, 15) is 4.79 Å². The van der Waals surface area contributed by atoms with Gasteiger partial charge in [0.1, 0.15) is 5.69 Å². The Morgan fingerprint density at radius 3 is 2.38 bits per heavy atom. The molecule has 0 saturated carbocycles. The van der Waals surface area contributed by atoms with Crippen LogP contribution < -0.4 is 11.2 Å². The van der Waals surface area contributed by atoms with Gasteiger partial charge in [0, 0.05) is 5.52 Å². The first-order chi connectivity index (χ1) is 9.71. The minimum atomic E-state index is -0.480. The monoisotopic (exact) mass is 286 g/mol. The van der Waals surface area contributed by atoms with Crippen molar-refractivity contribution < 1.29 is 14.1 Å². The van der Waals surface area contributed by atoms with E-state index in [-0.39, 0.29) is 0 Å². The number of fused-ring (bicyclic) bond motifs is 1. The zero-order chi connectivity index (χ0) is 15.4. The maximum Gasteiger partial charge on any atom is 0.495 e. The molecule has 21 heavy (non-hydrogen) atoms. The average Bonchev–Trinajstić information content (AvgIpc) is 2.88. The number of nitrogens with two attached hydrogens (primary N) is 1. The Bertz CT molecular complexity index is 705. The number of carbonyl (C=O) groups excluding carboxylic acids is 1. The molecule has 1 aliphatic heterocycles. The lowest BCUT2D eigenvalue weighted by atomic mass is 9.77. The fourth-order valence-electron chi connectivity index (χ4n) is 2.49. The molecule has 1 saturated heterocycles. The van der Waals surface area contributed by atoms with Crippen LogP contribution in [0.2, 0.25) is 0 Å². The number of aromatic amines is 1. The van der Waals surface area contributed by atoms with Gasteiger partial charge in [-0.1, -0.05) is 12.1 Å². The topological polar surface area (TPSA) is 77.3 Å². The normalized spacial score (nSPS) is 20.1. The largest absolute Gasteiger partial charge is 0.495 e. The Kier molecular flexibility index (Phi) is 2.94. The van der Waals surface area contributed by atoms with Crippen molar-refractivity contribution in [2.45, 2.75) is 38.9 Å². The molecule has 5 nitrogen and oxygen atoms in total. The van der Waals surface area contributed by atoms with Gasteiger partial charge in [-0.05, 0) is 50.7 Å². The second-order valence-corrected chi connectivity index (χ2v) is 6.44. The number of carbonyl (C=O) groups is 1. The molecule has 0 spiro atoms. The molecule has 1 aromatic carbocycles. The molecule has 2 heterocycles. The summed E-state index contributed by atoms with van der Waals surface area (Å²) >= 11 is 0. The molecule has 0 bridgehead atoms. The molecule has 1 amide bonds. The predicted molar refractivity (Wildman–Crippen MR) is 82.5 cm³/mol. The van der Waals surface area contributed by atoms with E-state index in [1.54, 1.807) is 6.07 Å². The fourth-order valence-corrected chi connectivity index (χ4v) is 2.49. The molecule has 1 aliphatic rings. The number of nitrogens with one attached hydrogen (secondary N) is 1. The number of primary amides is 1. The van der Waals surface area contributed by atoms with Crippen LogP contribution in [-0.2, 0) is 9.31 Å². The Morgan fingerprint density at radius 1 is 1.19 bits per heavy atom. The number of amides is 1. The highest BCUT2D eigenvalue weighted by molar-refractivity contribution is 6.65. The number of H-pyrrole nitrogens is 1. The van der Waals surface area contributed by atoms with Crippen LogP contribution in [0.1, 0.15) is 38.2 Å². The van der Waals surface area contributed by atoms with Gasteiger partial charge >= 0.3 is 7.12 Å². The van der Waals surface area contributed by atoms with E-state index in [4.69, 9.17) is 15.0 Å². The Hall–Kier alpha value is -1.79. The zero-order valence-corrected chi connectivity index (χ0v) is 12.7. The van der Waals surface area contributed by atoms with Gasteiger partial charge < -0.3 is 20.0 Å². The minimum absolute atomic E-state index is 0.383. The van der Waals surface area contributed by atoms with E-state index >= 15 is 0 Å². The molecule has 110 valence electrons. The first kappa shape index (κ1) is 14.2. The Labute approximate surface area is 123 Å². The van der Waals surface area contributed by atoms with E-state index in [0.29, 0.717) is 5.69 Å². The van der Waals surface area contributed by atoms with Gasteiger partial charge in [0.15, 0.2) is 0 Å². The lowest BCUT2D eigenvalue weighted by Crippen LogP contribution is -2.41. The molecule has 3 N–H and O–H groups in total. The van der Waals surface area contributed by atoms with Crippen LogP contribution in [0.25, 0.3) is 10.9 Å². The first-order valence-electron chi connectivity index (χ1n) is 6.98. The van der Waals surface area contributed by atoms with Gasteiger partial charge in [-0.3, -0.25) is 4.79 Å². The Balaban J connectivity index is 2.08. The molecule has 0 unspecified atom stereocenters. The van der Waals surface area contributed by atoms with E-state index in [2.05, 4.69) is 4.98 Å². The summed E-state index contributed by atoms with van der Waals surface area (Å²) in [4.78, 5) is 14.4. The number of hydrogen-bond acceptors (Lipinski definition) is 3. The van der Waals surface area contributed by atoms with E-state index in [1.807, 2.05) is 45.9 Å². The third-order valence-corrected chi connectivity index (χ3v) is 4.47. The summed E-state index contributed by atoms with van der Waals surface area (Å²) in [5.74, 6) is -0.480. The lowest BCUT2D eigenvalue weighted by molar-refractivity contribution is 0.00578. The van der Waals surface area contributed by atoms with Crippen molar-refractivity contribution >= 4 is 29.4 Å². The van der Waals surface area contributed by atoms with Gasteiger partial charge in [-0.15, -0.1) is 0 Å². The number of rotatable bonds is 2.